The smallest absolute Gasteiger partial charge is 0.247 e. The molecule has 2 heteroatoms. The number of carbonyl (C=O) groups excluding carboxylic acids is 1. The third kappa shape index (κ3) is 3.89. The quantitative estimate of drug-likeness (QED) is 0.578. The van der Waals surface area contributed by atoms with Crippen LogP contribution in [0.1, 0.15) is 20.8 Å². The molecule has 0 aromatic carbocycles. The fraction of sp³-hybridized carbons (Fsp3) is 0.375. The second-order valence-electron chi connectivity index (χ2n) is 1.96. The van der Waals surface area contributed by atoms with Gasteiger partial charge in [0.15, 0.2) is 0 Å². The zero-order valence-electron chi connectivity index (χ0n) is 6.64. The summed E-state index contributed by atoms with van der Waals surface area (Å²) < 4.78 is 0. The number of hydrogen-bond donors (Lipinski definition) is 1. The maximum absolute atomic E-state index is 10.8. The topological polar surface area (TPSA) is 29.1 Å². The summed E-state index contributed by atoms with van der Waals surface area (Å²) >= 11 is 0. The largest absolute Gasteiger partial charge is 0.327 e. The van der Waals surface area contributed by atoms with E-state index in [2.05, 4.69) is 5.32 Å². The summed E-state index contributed by atoms with van der Waals surface area (Å²) in [5.74, 6) is -0.0712. The molecular formula is C8H13NO. The summed E-state index contributed by atoms with van der Waals surface area (Å²) in [5.41, 5.74) is 0.878. The maximum atomic E-state index is 10.8. The lowest BCUT2D eigenvalue weighted by molar-refractivity contribution is -0.115. The Balaban J connectivity index is 3.80. The summed E-state index contributed by atoms with van der Waals surface area (Å²) in [6.45, 7) is 5.54. The van der Waals surface area contributed by atoms with Crippen LogP contribution in [-0.2, 0) is 4.79 Å². The van der Waals surface area contributed by atoms with Crippen LogP contribution in [0.3, 0.4) is 0 Å². The van der Waals surface area contributed by atoms with Gasteiger partial charge in [-0.25, -0.2) is 0 Å². The van der Waals surface area contributed by atoms with Crippen molar-refractivity contribution in [2.24, 2.45) is 0 Å². The first kappa shape index (κ1) is 8.95. The number of carbonyl (C=O) groups is 1. The molecule has 0 aliphatic carbocycles. The monoisotopic (exact) mass is 139 g/mol. The molecular weight excluding hydrogens is 126 g/mol. The van der Waals surface area contributed by atoms with E-state index in [0.29, 0.717) is 0 Å². The van der Waals surface area contributed by atoms with Gasteiger partial charge in [0, 0.05) is 5.70 Å². The van der Waals surface area contributed by atoms with Crippen LogP contribution in [0.15, 0.2) is 23.9 Å². The van der Waals surface area contributed by atoms with Crippen LogP contribution >= 0.6 is 0 Å². The van der Waals surface area contributed by atoms with Crippen molar-refractivity contribution in [2.45, 2.75) is 20.8 Å². The van der Waals surface area contributed by atoms with Gasteiger partial charge in [0.25, 0.3) is 0 Å². The van der Waals surface area contributed by atoms with Gasteiger partial charge in [0.2, 0.25) is 5.91 Å². The molecule has 10 heavy (non-hydrogen) atoms. The van der Waals surface area contributed by atoms with E-state index in [4.69, 9.17) is 0 Å². The molecule has 0 fully saturated rings. The molecule has 0 saturated carbocycles. The summed E-state index contributed by atoms with van der Waals surface area (Å²) in [7, 11) is 0. The Morgan fingerprint density at radius 3 is 2.40 bits per heavy atom. The van der Waals surface area contributed by atoms with Gasteiger partial charge in [-0.1, -0.05) is 12.2 Å². The minimum atomic E-state index is -0.0712. The van der Waals surface area contributed by atoms with Crippen LogP contribution in [0.25, 0.3) is 0 Å². The normalized spacial score (nSPS) is 12.1. The van der Waals surface area contributed by atoms with Gasteiger partial charge < -0.3 is 5.32 Å². The van der Waals surface area contributed by atoms with Crippen molar-refractivity contribution in [3.8, 4) is 0 Å². The van der Waals surface area contributed by atoms with Crippen LogP contribution in [0.4, 0.5) is 0 Å². The molecule has 0 aliphatic rings. The molecule has 0 bridgehead atoms. The highest BCUT2D eigenvalue weighted by Gasteiger charge is 1.91. The predicted molar refractivity (Wildman–Crippen MR) is 42.4 cm³/mol. The third-order valence-corrected chi connectivity index (χ3v) is 1.07. The van der Waals surface area contributed by atoms with Crippen molar-refractivity contribution in [2.75, 3.05) is 0 Å². The van der Waals surface area contributed by atoms with Crippen molar-refractivity contribution in [3.63, 3.8) is 0 Å². The molecule has 0 aromatic rings. The molecule has 0 unspecified atom stereocenters. The number of hydrogen-bond acceptors (Lipinski definition) is 1. The van der Waals surface area contributed by atoms with Gasteiger partial charge >= 0.3 is 0 Å². The van der Waals surface area contributed by atoms with E-state index in [0.717, 1.165) is 5.70 Å². The lowest BCUT2D eigenvalue weighted by Crippen LogP contribution is -2.18. The Hall–Kier alpha value is -1.05. The SMILES string of the molecule is C/C=C\C(=O)N/C(C)=C\C. The number of allylic oxidation sites excluding steroid dienone is 3. The Morgan fingerprint density at radius 2 is 2.00 bits per heavy atom. The lowest BCUT2D eigenvalue weighted by Gasteiger charge is -1.98. The van der Waals surface area contributed by atoms with Crippen molar-refractivity contribution in [1.82, 2.24) is 5.32 Å². The molecule has 0 saturated heterocycles. The van der Waals surface area contributed by atoms with Crippen molar-refractivity contribution >= 4 is 5.91 Å². The number of nitrogens with one attached hydrogen (secondary N) is 1. The van der Waals surface area contributed by atoms with Gasteiger partial charge in [-0.15, -0.1) is 0 Å². The fourth-order valence-electron chi connectivity index (χ4n) is 0.460. The molecule has 56 valence electrons. The minimum Gasteiger partial charge on any atom is -0.327 e. The highest BCUT2D eigenvalue weighted by molar-refractivity contribution is 5.88. The van der Waals surface area contributed by atoms with Gasteiger partial charge in [-0.3, -0.25) is 4.79 Å². The van der Waals surface area contributed by atoms with E-state index in [1.165, 1.54) is 6.08 Å². The van der Waals surface area contributed by atoms with Gasteiger partial charge in [0.1, 0.15) is 0 Å². The van der Waals surface area contributed by atoms with Gasteiger partial charge in [-0.05, 0) is 26.8 Å². The highest BCUT2D eigenvalue weighted by atomic mass is 16.1. The van der Waals surface area contributed by atoms with Crippen LogP contribution in [-0.4, -0.2) is 5.91 Å². The van der Waals surface area contributed by atoms with Crippen molar-refractivity contribution < 1.29 is 4.79 Å². The summed E-state index contributed by atoms with van der Waals surface area (Å²) in [6.07, 6.45) is 5.05. The Labute approximate surface area is 61.6 Å². The molecule has 2 nitrogen and oxygen atoms in total. The second-order valence-corrected chi connectivity index (χ2v) is 1.96. The zero-order chi connectivity index (χ0) is 7.98. The Kier molecular flexibility index (Phi) is 4.29. The number of rotatable bonds is 2. The Morgan fingerprint density at radius 1 is 1.40 bits per heavy atom. The van der Waals surface area contributed by atoms with Gasteiger partial charge in [-0.2, -0.15) is 0 Å². The van der Waals surface area contributed by atoms with E-state index < -0.39 is 0 Å². The first-order valence-corrected chi connectivity index (χ1v) is 3.27. The van der Waals surface area contributed by atoms with E-state index in [9.17, 15) is 4.79 Å². The average molecular weight is 139 g/mol. The fourth-order valence-corrected chi connectivity index (χ4v) is 0.460. The number of amides is 1. The zero-order valence-corrected chi connectivity index (χ0v) is 6.64. The molecule has 0 aliphatic heterocycles. The Bertz CT molecular complexity index is 168. The highest BCUT2D eigenvalue weighted by Crippen LogP contribution is 1.84. The van der Waals surface area contributed by atoms with Crippen molar-refractivity contribution in [1.29, 1.82) is 0 Å². The molecule has 1 N–H and O–H groups in total. The van der Waals surface area contributed by atoms with Crippen LogP contribution < -0.4 is 5.32 Å². The first-order valence-electron chi connectivity index (χ1n) is 3.27. The van der Waals surface area contributed by atoms with Crippen LogP contribution in [0.5, 0.6) is 0 Å². The second kappa shape index (κ2) is 4.79. The van der Waals surface area contributed by atoms with E-state index in [1.54, 1.807) is 6.08 Å². The molecule has 0 atom stereocenters. The minimum absolute atomic E-state index is 0.0712. The first-order chi connectivity index (χ1) is 4.70. The summed E-state index contributed by atoms with van der Waals surface area (Å²) in [5, 5.41) is 2.67. The third-order valence-electron chi connectivity index (χ3n) is 1.07. The van der Waals surface area contributed by atoms with E-state index in [1.807, 2.05) is 26.8 Å². The van der Waals surface area contributed by atoms with Crippen molar-refractivity contribution in [3.05, 3.63) is 23.9 Å². The van der Waals surface area contributed by atoms with Crippen LogP contribution in [0.2, 0.25) is 0 Å². The average Bonchev–Trinajstić information content (AvgIpc) is 1.88. The summed E-state index contributed by atoms with van der Waals surface area (Å²) in [4.78, 5) is 10.8. The standard InChI is InChI=1S/C8H13NO/c1-4-6-8(10)9-7(3)5-2/h4-6H,1-3H3,(H,9,10)/b6-4-,7-5-. The van der Waals surface area contributed by atoms with Crippen LogP contribution in [0, 0.1) is 0 Å². The summed E-state index contributed by atoms with van der Waals surface area (Å²) in [6, 6.07) is 0. The molecule has 0 spiro atoms. The van der Waals surface area contributed by atoms with E-state index in [-0.39, 0.29) is 5.91 Å². The predicted octanol–water partition coefficient (Wildman–Crippen LogP) is 1.60. The molecule has 0 rings (SSSR count). The van der Waals surface area contributed by atoms with E-state index >= 15 is 0 Å². The lowest BCUT2D eigenvalue weighted by atomic mass is 10.4. The maximum Gasteiger partial charge on any atom is 0.247 e. The molecule has 0 aromatic heterocycles. The molecule has 0 radical (unpaired) electrons. The van der Waals surface area contributed by atoms with Gasteiger partial charge in [0.05, 0.1) is 0 Å². The molecule has 1 amide bonds. The molecule has 0 heterocycles.